The zero-order chi connectivity index (χ0) is 30.3. The summed E-state index contributed by atoms with van der Waals surface area (Å²) in [6, 6.07) is 16.9. The number of nitrogens with zero attached hydrogens (tertiary/aromatic N) is 6. The fourth-order valence-corrected chi connectivity index (χ4v) is 5.31. The third kappa shape index (κ3) is 10.2. The molecular formula is C25H26Br4FN11O2. The summed E-state index contributed by atoms with van der Waals surface area (Å²) in [6.07, 6.45) is 0. The van der Waals surface area contributed by atoms with Crippen LogP contribution in [0.25, 0.3) is 11.2 Å². The fourth-order valence-electron chi connectivity index (χ4n) is 3.46. The summed E-state index contributed by atoms with van der Waals surface area (Å²) >= 11 is 13.5. The number of fused-ring (bicyclic) bond motifs is 1. The summed E-state index contributed by atoms with van der Waals surface area (Å²) in [6.45, 7) is 1.10. The number of hydrogen-bond donors (Lipinski definition) is 5. The molecule has 0 saturated carbocycles. The highest BCUT2D eigenvalue weighted by Gasteiger charge is 2.14. The van der Waals surface area contributed by atoms with Crippen molar-refractivity contribution in [1.29, 1.82) is 5.26 Å². The number of hydrogen-bond acceptors (Lipinski definition) is 8. The Labute approximate surface area is 278 Å². The molecule has 2 aromatic carbocycles. The van der Waals surface area contributed by atoms with E-state index in [1.165, 1.54) is 0 Å². The molecule has 5 rings (SSSR count). The molecule has 2 amide bonds. The molecule has 0 atom stereocenters. The maximum atomic E-state index is 11.5. The quantitative estimate of drug-likeness (QED) is 0.154. The molecule has 0 aliphatic rings. The smallest absolute Gasteiger partial charge is 0.348 e. The average molecular weight is 851 g/mol. The third-order valence-corrected chi connectivity index (χ3v) is 7.32. The van der Waals surface area contributed by atoms with E-state index in [2.05, 4.69) is 95.1 Å². The van der Waals surface area contributed by atoms with Crippen LogP contribution in [0.2, 0.25) is 0 Å². The Hall–Kier alpha value is -3.79. The molecule has 0 unspecified atom stereocenters. The first-order valence-corrected chi connectivity index (χ1v) is 14.4. The predicted molar refractivity (Wildman–Crippen MR) is 179 cm³/mol. The number of nitrogen functional groups attached to an aromatic ring is 2. The summed E-state index contributed by atoms with van der Waals surface area (Å²) in [7, 11) is 0. The summed E-state index contributed by atoms with van der Waals surface area (Å²) in [5.74, 6) is 0.591. The largest absolute Gasteiger partial charge is 0.383 e. The van der Waals surface area contributed by atoms with Gasteiger partial charge in [-0.1, -0.05) is 63.6 Å². The van der Waals surface area contributed by atoms with Gasteiger partial charge in [-0.3, -0.25) is 14.3 Å². The number of anilines is 2. The Morgan fingerprint density at radius 1 is 0.884 bits per heavy atom. The van der Waals surface area contributed by atoms with Crippen LogP contribution in [0.3, 0.4) is 0 Å². The number of aromatic amines is 1. The molecule has 9 N–H and O–H groups in total. The van der Waals surface area contributed by atoms with Crippen molar-refractivity contribution < 1.29 is 9.50 Å². The lowest BCUT2D eigenvalue weighted by atomic mass is 10.2. The van der Waals surface area contributed by atoms with Crippen LogP contribution < -0.4 is 28.6 Å². The van der Waals surface area contributed by atoms with Crippen molar-refractivity contribution >= 4 is 92.6 Å². The van der Waals surface area contributed by atoms with Crippen LogP contribution in [-0.4, -0.2) is 35.1 Å². The Kier molecular flexibility index (Phi) is 14.5. The summed E-state index contributed by atoms with van der Waals surface area (Å²) in [5, 5.41) is 8.83. The number of H-pyrrole nitrogens is 1. The van der Waals surface area contributed by atoms with Crippen molar-refractivity contribution in [3.05, 3.63) is 94.2 Å². The first kappa shape index (κ1) is 37.2. The maximum absolute atomic E-state index is 11.5. The molecule has 13 nitrogen and oxygen atoms in total. The second-order valence-corrected chi connectivity index (χ2v) is 11.3. The lowest BCUT2D eigenvalue weighted by molar-refractivity contribution is 0.256. The SMILES string of the molecule is C.F.N#Cc1nc(Br)n(Cc2cccc(Br)c2)c1N.NC(N)=O.Nc1[nH]c(=O)nc2c1nc(Br)n2Cc1cccc(Br)c1. The van der Waals surface area contributed by atoms with E-state index in [0.29, 0.717) is 39.5 Å². The van der Waals surface area contributed by atoms with E-state index in [1.54, 1.807) is 9.13 Å². The number of benzene rings is 2. The molecule has 228 valence electrons. The van der Waals surface area contributed by atoms with Gasteiger partial charge in [0, 0.05) is 8.95 Å². The Balaban J connectivity index is 0.000000371. The summed E-state index contributed by atoms with van der Waals surface area (Å²) in [5.41, 5.74) is 22.9. The standard InChI is InChI=1S/C12H9Br2N5O.C11H8Br2N4.CH4N2O.CH4.FH/c13-7-3-1-2-6(4-7)5-19-10-8(16-11(19)14)9(15)17-12(20)18-10;12-8-3-1-2-7(4-8)6-17-10(15)9(5-14)16-11(17)13;2-1(3)4;;/h1-4H,5H2,(H3,15,17,18,20);1-4H,6,15H2;(H4,2,3,4);1H4;1H. The van der Waals surface area contributed by atoms with Crippen LogP contribution >= 0.6 is 63.7 Å². The topological polar surface area (TPSA) is 226 Å². The molecule has 43 heavy (non-hydrogen) atoms. The number of urea groups is 1. The Bertz CT molecular complexity index is 1810. The van der Waals surface area contributed by atoms with E-state index in [1.807, 2.05) is 54.6 Å². The highest BCUT2D eigenvalue weighted by Crippen LogP contribution is 2.23. The van der Waals surface area contributed by atoms with Crippen molar-refractivity contribution in [2.75, 3.05) is 11.5 Å². The van der Waals surface area contributed by atoms with Gasteiger partial charge in [0.1, 0.15) is 23.2 Å². The van der Waals surface area contributed by atoms with E-state index in [0.717, 1.165) is 20.1 Å². The molecule has 0 fully saturated rings. The number of amides is 2. The number of halogens is 5. The van der Waals surface area contributed by atoms with E-state index in [-0.39, 0.29) is 23.6 Å². The van der Waals surface area contributed by atoms with Gasteiger partial charge in [-0.25, -0.2) is 19.6 Å². The van der Waals surface area contributed by atoms with Gasteiger partial charge in [0.2, 0.25) is 0 Å². The van der Waals surface area contributed by atoms with Crippen molar-refractivity contribution in [2.45, 2.75) is 20.5 Å². The second-order valence-electron chi connectivity index (χ2n) is 8.07. The molecule has 0 bridgehead atoms. The van der Waals surface area contributed by atoms with Crippen molar-refractivity contribution in [1.82, 2.24) is 29.1 Å². The normalized spacial score (nSPS) is 9.74. The minimum Gasteiger partial charge on any atom is -0.383 e. The number of carbonyl (C=O) groups excluding carboxylic acids is 1. The van der Waals surface area contributed by atoms with E-state index >= 15 is 0 Å². The van der Waals surface area contributed by atoms with Crippen LogP contribution in [0.1, 0.15) is 24.2 Å². The number of aromatic nitrogens is 6. The number of nitrogens with one attached hydrogen (secondary N) is 1. The highest BCUT2D eigenvalue weighted by molar-refractivity contribution is 9.11. The molecule has 18 heteroatoms. The predicted octanol–water partition coefficient (Wildman–Crippen LogP) is 5.00. The first-order chi connectivity index (χ1) is 19.4. The minimum absolute atomic E-state index is 0. The molecule has 3 aromatic heterocycles. The average Bonchev–Trinajstić information content (AvgIpc) is 3.34. The highest BCUT2D eigenvalue weighted by atomic mass is 79.9. The van der Waals surface area contributed by atoms with Gasteiger partial charge in [-0.15, -0.1) is 0 Å². The molecule has 3 heterocycles. The molecule has 0 aliphatic carbocycles. The molecule has 0 radical (unpaired) electrons. The molecule has 0 aliphatic heterocycles. The molecule has 0 spiro atoms. The van der Waals surface area contributed by atoms with Gasteiger partial charge in [0.25, 0.3) is 0 Å². The Morgan fingerprint density at radius 3 is 1.84 bits per heavy atom. The van der Waals surface area contributed by atoms with Crippen LogP contribution in [0.15, 0.2) is 71.7 Å². The van der Waals surface area contributed by atoms with Gasteiger partial charge < -0.3 is 27.5 Å². The second kappa shape index (κ2) is 16.7. The lowest BCUT2D eigenvalue weighted by Crippen LogP contribution is -2.18. The van der Waals surface area contributed by atoms with Gasteiger partial charge in [0.15, 0.2) is 20.8 Å². The van der Waals surface area contributed by atoms with Gasteiger partial charge in [-0.2, -0.15) is 10.2 Å². The minimum atomic E-state index is -0.833. The van der Waals surface area contributed by atoms with Crippen molar-refractivity contribution in [3.8, 4) is 6.07 Å². The van der Waals surface area contributed by atoms with E-state index in [4.69, 9.17) is 21.5 Å². The van der Waals surface area contributed by atoms with Crippen LogP contribution in [0.4, 0.5) is 21.1 Å². The van der Waals surface area contributed by atoms with Gasteiger partial charge in [-0.05, 0) is 67.3 Å². The van der Waals surface area contributed by atoms with Crippen molar-refractivity contribution in [2.24, 2.45) is 11.5 Å². The monoisotopic (exact) mass is 847 g/mol. The van der Waals surface area contributed by atoms with Crippen LogP contribution in [0, 0.1) is 11.3 Å². The maximum Gasteiger partial charge on any atom is 0.348 e. The molecular weight excluding hydrogens is 825 g/mol. The van der Waals surface area contributed by atoms with Crippen LogP contribution in [0.5, 0.6) is 0 Å². The molecule has 0 saturated heterocycles. The fraction of sp³-hybridized carbons (Fsp3) is 0.120. The number of carbonyl (C=O) groups is 1. The van der Waals surface area contributed by atoms with E-state index < -0.39 is 11.7 Å². The summed E-state index contributed by atoms with van der Waals surface area (Å²) < 4.78 is 6.67. The lowest BCUT2D eigenvalue weighted by Gasteiger charge is -2.06. The number of rotatable bonds is 4. The van der Waals surface area contributed by atoms with E-state index in [9.17, 15) is 4.79 Å². The number of primary amides is 2. The first-order valence-electron chi connectivity index (χ1n) is 11.3. The number of nitrogens with two attached hydrogens (primary N) is 4. The zero-order valence-electron chi connectivity index (χ0n) is 21.3. The third-order valence-electron chi connectivity index (χ3n) is 5.12. The molecule has 5 aromatic rings. The number of nitriles is 1. The van der Waals surface area contributed by atoms with Crippen LogP contribution in [-0.2, 0) is 13.1 Å². The number of imidazole rings is 2. The van der Waals surface area contributed by atoms with Gasteiger partial charge >= 0.3 is 11.7 Å². The zero-order valence-corrected chi connectivity index (χ0v) is 27.6. The van der Waals surface area contributed by atoms with Gasteiger partial charge in [0.05, 0.1) is 13.1 Å². The van der Waals surface area contributed by atoms with Crippen molar-refractivity contribution in [3.63, 3.8) is 0 Å². The summed E-state index contributed by atoms with van der Waals surface area (Å²) in [4.78, 5) is 35.2. The Morgan fingerprint density at radius 2 is 1.37 bits per heavy atom.